The summed E-state index contributed by atoms with van der Waals surface area (Å²) in [6, 6.07) is 9.96. The van der Waals surface area contributed by atoms with Gasteiger partial charge in [-0.3, -0.25) is 9.69 Å². The molecule has 0 unspecified atom stereocenters. The van der Waals surface area contributed by atoms with Crippen LogP contribution in [-0.4, -0.2) is 29.0 Å². The number of anilines is 1. The molecular weight excluding hydrogens is 268 g/mol. The first-order chi connectivity index (χ1) is 10.2. The number of phenolic OH excluding ortho intramolecular Hbond substituents is 1. The highest BCUT2D eigenvalue weighted by Gasteiger charge is 2.16. The van der Waals surface area contributed by atoms with Crippen LogP contribution in [0.5, 0.6) is 5.75 Å². The lowest BCUT2D eigenvalue weighted by Gasteiger charge is -2.11. The SMILES string of the molecule is O=C(Nc1cccc(O)c1)c1ccc(CN2CCCC2)o1. The zero-order valence-corrected chi connectivity index (χ0v) is 11.7. The lowest BCUT2D eigenvalue weighted by Crippen LogP contribution is -2.18. The van der Waals surface area contributed by atoms with Crippen LogP contribution in [0.4, 0.5) is 5.69 Å². The quantitative estimate of drug-likeness (QED) is 0.907. The van der Waals surface area contributed by atoms with Crippen LogP contribution in [-0.2, 0) is 6.54 Å². The second-order valence-electron chi connectivity index (χ2n) is 5.25. The zero-order valence-electron chi connectivity index (χ0n) is 11.7. The van der Waals surface area contributed by atoms with Gasteiger partial charge in [0, 0.05) is 11.8 Å². The van der Waals surface area contributed by atoms with Gasteiger partial charge in [0.05, 0.1) is 6.54 Å². The summed E-state index contributed by atoms with van der Waals surface area (Å²) in [5.41, 5.74) is 0.539. The van der Waals surface area contributed by atoms with E-state index < -0.39 is 0 Å². The minimum Gasteiger partial charge on any atom is -0.508 e. The summed E-state index contributed by atoms with van der Waals surface area (Å²) < 4.78 is 5.59. The van der Waals surface area contributed by atoms with E-state index in [2.05, 4.69) is 10.2 Å². The Morgan fingerprint density at radius 1 is 1.24 bits per heavy atom. The van der Waals surface area contributed by atoms with E-state index in [-0.39, 0.29) is 17.4 Å². The number of carbonyl (C=O) groups excluding carboxylic acids is 1. The Morgan fingerprint density at radius 3 is 2.81 bits per heavy atom. The van der Waals surface area contributed by atoms with Crippen molar-refractivity contribution in [2.75, 3.05) is 18.4 Å². The van der Waals surface area contributed by atoms with Crippen LogP contribution in [0.3, 0.4) is 0 Å². The van der Waals surface area contributed by atoms with Crippen LogP contribution >= 0.6 is 0 Å². The van der Waals surface area contributed by atoms with Gasteiger partial charge in [-0.25, -0.2) is 0 Å². The van der Waals surface area contributed by atoms with Crippen molar-refractivity contribution in [3.05, 3.63) is 47.9 Å². The lowest BCUT2D eigenvalue weighted by atomic mass is 10.3. The van der Waals surface area contributed by atoms with Gasteiger partial charge in [-0.15, -0.1) is 0 Å². The van der Waals surface area contributed by atoms with Crippen molar-refractivity contribution in [2.24, 2.45) is 0 Å². The van der Waals surface area contributed by atoms with Crippen LogP contribution < -0.4 is 5.32 Å². The number of nitrogens with zero attached hydrogens (tertiary/aromatic N) is 1. The number of carbonyl (C=O) groups is 1. The first kappa shape index (κ1) is 13.7. The highest BCUT2D eigenvalue weighted by molar-refractivity contribution is 6.02. The van der Waals surface area contributed by atoms with Crippen LogP contribution in [0.2, 0.25) is 0 Å². The number of amides is 1. The molecule has 1 aromatic heterocycles. The molecule has 2 heterocycles. The Kier molecular flexibility index (Phi) is 3.92. The van der Waals surface area contributed by atoms with Crippen LogP contribution in [0.15, 0.2) is 40.8 Å². The van der Waals surface area contributed by atoms with Gasteiger partial charge in [-0.1, -0.05) is 6.07 Å². The Balaban J connectivity index is 1.63. The molecule has 1 aliphatic heterocycles. The summed E-state index contributed by atoms with van der Waals surface area (Å²) in [6.07, 6.45) is 2.46. The van der Waals surface area contributed by atoms with Crippen LogP contribution in [0, 0.1) is 0 Å². The summed E-state index contributed by atoms with van der Waals surface area (Å²) in [5.74, 6) is 0.890. The predicted octanol–water partition coefficient (Wildman–Crippen LogP) is 2.83. The fraction of sp³-hybridized carbons (Fsp3) is 0.312. The molecule has 0 aliphatic carbocycles. The van der Waals surface area contributed by atoms with Crippen molar-refractivity contribution >= 4 is 11.6 Å². The van der Waals surface area contributed by atoms with Gasteiger partial charge in [0.15, 0.2) is 5.76 Å². The molecule has 2 aromatic rings. The van der Waals surface area contributed by atoms with Crippen molar-refractivity contribution in [3.63, 3.8) is 0 Å². The molecule has 0 atom stereocenters. The lowest BCUT2D eigenvalue weighted by molar-refractivity contribution is 0.0993. The number of rotatable bonds is 4. The smallest absolute Gasteiger partial charge is 0.291 e. The monoisotopic (exact) mass is 286 g/mol. The van der Waals surface area contributed by atoms with E-state index in [9.17, 15) is 9.90 Å². The zero-order chi connectivity index (χ0) is 14.7. The highest BCUT2D eigenvalue weighted by atomic mass is 16.4. The van der Waals surface area contributed by atoms with Crippen molar-refractivity contribution < 1.29 is 14.3 Å². The minimum absolute atomic E-state index is 0.113. The molecular formula is C16H18N2O3. The molecule has 0 spiro atoms. The molecule has 5 nitrogen and oxygen atoms in total. The van der Waals surface area contributed by atoms with Gasteiger partial charge in [0.2, 0.25) is 0 Å². The summed E-state index contributed by atoms with van der Waals surface area (Å²) in [5, 5.41) is 12.1. The number of benzene rings is 1. The Labute approximate surface area is 123 Å². The summed E-state index contributed by atoms with van der Waals surface area (Å²) in [7, 11) is 0. The molecule has 3 rings (SSSR count). The Bertz CT molecular complexity index is 630. The number of hydrogen-bond acceptors (Lipinski definition) is 4. The van der Waals surface area contributed by atoms with Gasteiger partial charge >= 0.3 is 0 Å². The summed E-state index contributed by atoms with van der Waals surface area (Å²) >= 11 is 0. The van der Waals surface area contributed by atoms with Crippen molar-refractivity contribution in [1.29, 1.82) is 0 Å². The van der Waals surface area contributed by atoms with E-state index in [1.54, 1.807) is 24.3 Å². The van der Waals surface area contributed by atoms with Crippen LogP contribution in [0.25, 0.3) is 0 Å². The summed E-state index contributed by atoms with van der Waals surface area (Å²) in [4.78, 5) is 14.4. The topological polar surface area (TPSA) is 65.7 Å². The number of furan rings is 1. The van der Waals surface area contributed by atoms with Crippen molar-refractivity contribution in [3.8, 4) is 5.75 Å². The van der Waals surface area contributed by atoms with E-state index in [0.717, 1.165) is 25.4 Å². The molecule has 21 heavy (non-hydrogen) atoms. The highest BCUT2D eigenvalue weighted by Crippen LogP contribution is 2.18. The van der Waals surface area contributed by atoms with E-state index in [0.29, 0.717) is 5.69 Å². The summed E-state index contributed by atoms with van der Waals surface area (Å²) in [6.45, 7) is 2.93. The van der Waals surface area contributed by atoms with Gasteiger partial charge in [0.1, 0.15) is 11.5 Å². The standard InChI is InChI=1S/C16H18N2O3/c19-13-5-3-4-12(10-13)17-16(20)15-7-6-14(21-15)11-18-8-1-2-9-18/h3-7,10,19H,1-2,8-9,11H2,(H,17,20). The van der Waals surface area contributed by atoms with Gasteiger partial charge in [-0.05, 0) is 50.2 Å². The third kappa shape index (κ3) is 3.44. The number of likely N-dealkylation sites (tertiary alicyclic amines) is 1. The van der Waals surface area contributed by atoms with E-state index >= 15 is 0 Å². The molecule has 1 fully saturated rings. The van der Waals surface area contributed by atoms with Gasteiger partial charge in [0.25, 0.3) is 5.91 Å². The molecule has 1 saturated heterocycles. The molecule has 0 bridgehead atoms. The molecule has 0 saturated carbocycles. The Morgan fingerprint density at radius 2 is 2.05 bits per heavy atom. The third-order valence-corrected chi connectivity index (χ3v) is 3.57. The van der Waals surface area contributed by atoms with E-state index in [1.165, 1.54) is 18.9 Å². The second kappa shape index (κ2) is 6.01. The van der Waals surface area contributed by atoms with E-state index in [1.807, 2.05) is 6.07 Å². The molecule has 1 aliphatic rings. The normalized spacial score (nSPS) is 15.2. The van der Waals surface area contributed by atoms with Crippen molar-refractivity contribution in [1.82, 2.24) is 4.90 Å². The molecule has 1 aromatic carbocycles. The number of nitrogens with one attached hydrogen (secondary N) is 1. The maximum atomic E-state index is 12.1. The average Bonchev–Trinajstić information content (AvgIpc) is 3.11. The molecule has 110 valence electrons. The number of aromatic hydroxyl groups is 1. The number of phenols is 1. The maximum Gasteiger partial charge on any atom is 0.291 e. The fourth-order valence-corrected chi connectivity index (χ4v) is 2.52. The largest absolute Gasteiger partial charge is 0.508 e. The molecule has 0 radical (unpaired) electrons. The van der Waals surface area contributed by atoms with E-state index in [4.69, 9.17) is 4.42 Å². The Hall–Kier alpha value is -2.27. The minimum atomic E-state index is -0.312. The second-order valence-corrected chi connectivity index (χ2v) is 5.25. The third-order valence-electron chi connectivity index (χ3n) is 3.57. The molecule has 2 N–H and O–H groups in total. The molecule has 1 amide bonds. The maximum absolute atomic E-state index is 12.1. The number of hydrogen-bond donors (Lipinski definition) is 2. The molecule has 5 heteroatoms. The first-order valence-corrected chi connectivity index (χ1v) is 7.12. The first-order valence-electron chi connectivity index (χ1n) is 7.12. The average molecular weight is 286 g/mol. The van der Waals surface area contributed by atoms with Gasteiger partial charge in [-0.2, -0.15) is 0 Å². The van der Waals surface area contributed by atoms with Crippen LogP contribution in [0.1, 0.15) is 29.2 Å². The van der Waals surface area contributed by atoms with Gasteiger partial charge < -0.3 is 14.8 Å². The predicted molar refractivity (Wildman–Crippen MR) is 79.3 cm³/mol. The fourth-order valence-electron chi connectivity index (χ4n) is 2.52. The van der Waals surface area contributed by atoms with Crippen molar-refractivity contribution in [2.45, 2.75) is 19.4 Å².